The lowest BCUT2D eigenvalue weighted by atomic mass is 10.1. The third-order valence-electron chi connectivity index (χ3n) is 2.91. The van der Waals surface area contributed by atoms with Crippen molar-refractivity contribution in [3.63, 3.8) is 0 Å². The Morgan fingerprint density at radius 2 is 1.80 bits per heavy atom. The largest absolute Gasteiger partial charge is 0.392 e. The van der Waals surface area contributed by atoms with E-state index in [1.807, 2.05) is 12.1 Å². The molecular weight excluding hydrogens is 186 g/mol. The van der Waals surface area contributed by atoms with Gasteiger partial charge in [-0.2, -0.15) is 0 Å². The van der Waals surface area contributed by atoms with Gasteiger partial charge in [-0.1, -0.05) is 19.1 Å². The second-order valence-electron chi connectivity index (χ2n) is 3.87. The molecule has 0 aliphatic carbocycles. The van der Waals surface area contributed by atoms with Crippen LogP contribution in [0.3, 0.4) is 0 Å². The van der Waals surface area contributed by atoms with Crippen LogP contribution in [0.15, 0.2) is 24.3 Å². The highest BCUT2D eigenvalue weighted by Crippen LogP contribution is 2.18. The Balaban J connectivity index is 2.83. The summed E-state index contributed by atoms with van der Waals surface area (Å²) in [5, 5.41) is 8.97. The van der Waals surface area contributed by atoms with Crippen LogP contribution >= 0.6 is 0 Å². The molecule has 1 aromatic carbocycles. The molecule has 0 fully saturated rings. The van der Waals surface area contributed by atoms with E-state index in [1.165, 1.54) is 5.69 Å². The van der Waals surface area contributed by atoms with E-state index in [4.69, 9.17) is 5.11 Å². The molecule has 1 aromatic rings. The van der Waals surface area contributed by atoms with Crippen LogP contribution in [0.5, 0.6) is 0 Å². The van der Waals surface area contributed by atoms with Gasteiger partial charge in [-0.05, 0) is 38.0 Å². The summed E-state index contributed by atoms with van der Waals surface area (Å²) >= 11 is 0. The van der Waals surface area contributed by atoms with E-state index >= 15 is 0 Å². The minimum Gasteiger partial charge on any atom is -0.392 e. The minimum atomic E-state index is 0.121. The number of hydrogen-bond donors (Lipinski definition) is 1. The summed E-state index contributed by atoms with van der Waals surface area (Å²) in [4.78, 5) is 2.38. The molecule has 0 heterocycles. The second kappa shape index (κ2) is 5.76. The topological polar surface area (TPSA) is 23.5 Å². The maximum Gasteiger partial charge on any atom is 0.0681 e. The number of aliphatic hydroxyl groups is 1. The minimum absolute atomic E-state index is 0.121. The molecular formula is C13H21NO. The van der Waals surface area contributed by atoms with Gasteiger partial charge >= 0.3 is 0 Å². The van der Waals surface area contributed by atoms with Gasteiger partial charge in [-0.3, -0.25) is 0 Å². The summed E-state index contributed by atoms with van der Waals surface area (Å²) in [6.45, 7) is 7.76. The maximum absolute atomic E-state index is 8.97. The summed E-state index contributed by atoms with van der Waals surface area (Å²) < 4.78 is 0. The molecule has 1 rings (SSSR count). The van der Waals surface area contributed by atoms with Crippen molar-refractivity contribution in [1.29, 1.82) is 0 Å². The van der Waals surface area contributed by atoms with Crippen molar-refractivity contribution in [2.45, 2.75) is 39.8 Å². The average molecular weight is 207 g/mol. The van der Waals surface area contributed by atoms with Gasteiger partial charge in [0.2, 0.25) is 0 Å². The van der Waals surface area contributed by atoms with Crippen LogP contribution in [-0.4, -0.2) is 17.7 Å². The zero-order valence-electron chi connectivity index (χ0n) is 9.90. The van der Waals surface area contributed by atoms with Gasteiger partial charge in [-0.25, -0.2) is 0 Å². The van der Waals surface area contributed by atoms with E-state index in [1.54, 1.807) is 0 Å². The van der Waals surface area contributed by atoms with Crippen LogP contribution < -0.4 is 4.90 Å². The summed E-state index contributed by atoms with van der Waals surface area (Å²) in [7, 11) is 0. The Labute approximate surface area is 92.5 Å². The Bertz CT molecular complexity index is 281. The number of hydrogen-bond acceptors (Lipinski definition) is 2. The molecule has 84 valence electrons. The van der Waals surface area contributed by atoms with Crippen LogP contribution in [0.1, 0.15) is 32.8 Å². The Morgan fingerprint density at radius 3 is 2.20 bits per heavy atom. The van der Waals surface area contributed by atoms with E-state index in [-0.39, 0.29) is 6.61 Å². The Morgan fingerprint density at radius 1 is 1.20 bits per heavy atom. The van der Waals surface area contributed by atoms with Crippen LogP contribution in [-0.2, 0) is 6.61 Å². The molecule has 2 heteroatoms. The van der Waals surface area contributed by atoms with Gasteiger partial charge in [0, 0.05) is 18.3 Å². The van der Waals surface area contributed by atoms with Gasteiger partial charge in [0.1, 0.15) is 0 Å². The average Bonchev–Trinajstić information content (AvgIpc) is 2.30. The lowest BCUT2D eigenvalue weighted by Crippen LogP contribution is -2.32. The third-order valence-corrected chi connectivity index (χ3v) is 2.91. The van der Waals surface area contributed by atoms with Gasteiger partial charge in [-0.15, -0.1) is 0 Å². The van der Waals surface area contributed by atoms with Crippen LogP contribution in [0.25, 0.3) is 0 Å². The highest BCUT2D eigenvalue weighted by Gasteiger charge is 2.10. The third kappa shape index (κ3) is 2.96. The molecule has 0 bridgehead atoms. The number of rotatable bonds is 5. The fraction of sp³-hybridized carbons (Fsp3) is 0.538. The normalized spacial score (nSPS) is 12.5. The second-order valence-corrected chi connectivity index (χ2v) is 3.87. The first-order valence-corrected chi connectivity index (χ1v) is 5.69. The number of benzene rings is 1. The van der Waals surface area contributed by atoms with E-state index < -0.39 is 0 Å². The predicted molar refractivity (Wildman–Crippen MR) is 65.1 cm³/mol. The molecule has 0 saturated carbocycles. The van der Waals surface area contributed by atoms with Crippen LogP contribution in [0.4, 0.5) is 5.69 Å². The molecule has 0 amide bonds. The molecule has 2 nitrogen and oxygen atoms in total. The molecule has 15 heavy (non-hydrogen) atoms. The molecule has 0 spiro atoms. The smallest absolute Gasteiger partial charge is 0.0681 e. The zero-order valence-corrected chi connectivity index (χ0v) is 9.90. The summed E-state index contributed by atoms with van der Waals surface area (Å²) in [6.07, 6.45) is 1.15. The number of nitrogens with zero attached hydrogens (tertiary/aromatic N) is 1. The van der Waals surface area contributed by atoms with Crippen molar-refractivity contribution in [2.75, 3.05) is 11.4 Å². The first-order chi connectivity index (χ1) is 7.22. The lowest BCUT2D eigenvalue weighted by Gasteiger charge is -2.29. The van der Waals surface area contributed by atoms with Crippen molar-refractivity contribution in [2.24, 2.45) is 0 Å². The fourth-order valence-corrected chi connectivity index (χ4v) is 1.76. The van der Waals surface area contributed by atoms with Gasteiger partial charge in [0.25, 0.3) is 0 Å². The van der Waals surface area contributed by atoms with E-state index in [0.29, 0.717) is 6.04 Å². The summed E-state index contributed by atoms with van der Waals surface area (Å²) in [5.74, 6) is 0. The maximum atomic E-state index is 8.97. The van der Waals surface area contributed by atoms with Crippen LogP contribution in [0, 0.1) is 0 Å². The van der Waals surface area contributed by atoms with E-state index in [9.17, 15) is 0 Å². The summed E-state index contributed by atoms with van der Waals surface area (Å²) in [5.41, 5.74) is 2.21. The number of aliphatic hydroxyl groups excluding tert-OH is 1. The standard InChI is InChI=1S/C13H21NO/c1-4-11(3)14(5-2)13-8-6-12(10-15)7-9-13/h6-9,11,15H,4-5,10H2,1-3H3. The van der Waals surface area contributed by atoms with Gasteiger partial charge in [0.15, 0.2) is 0 Å². The van der Waals surface area contributed by atoms with Crippen molar-refractivity contribution in [3.05, 3.63) is 29.8 Å². The van der Waals surface area contributed by atoms with Crippen molar-refractivity contribution in [3.8, 4) is 0 Å². The molecule has 1 atom stereocenters. The number of anilines is 1. The zero-order chi connectivity index (χ0) is 11.3. The highest BCUT2D eigenvalue weighted by molar-refractivity contribution is 5.48. The molecule has 0 radical (unpaired) electrons. The Hall–Kier alpha value is -1.02. The first-order valence-electron chi connectivity index (χ1n) is 5.69. The van der Waals surface area contributed by atoms with Crippen molar-refractivity contribution < 1.29 is 5.11 Å². The van der Waals surface area contributed by atoms with Crippen LogP contribution in [0.2, 0.25) is 0 Å². The highest BCUT2D eigenvalue weighted by atomic mass is 16.3. The SMILES string of the molecule is CCC(C)N(CC)c1ccc(CO)cc1. The molecule has 0 saturated heterocycles. The van der Waals surface area contributed by atoms with E-state index in [2.05, 4.69) is 37.8 Å². The van der Waals surface area contributed by atoms with Gasteiger partial charge in [0.05, 0.1) is 6.61 Å². The van der Waals surface area contributed by atoms with E-state index in [0.717, 1.165) is 18.5 Å². The molecule has 1 N–H and O–H groups in total. The van der Waals surface area contributed by atoms with Crippen molar-refractivity contribution in [1.82, 2.24) is 0 Å². The first kappa shape index (κ1) is 12.1. The predicted octanol–water partition coefficient (Wildman–Crippen LogP) is 2.80. The molecule has 1 unspecified atom stereocenters. The lowest BCUT2D eigenvalue weighted by molar-refractivity contribution is 0.282. The Kier molecular flexibility index (Phi) is 4.63. The van der Waals surface area contributed by atoms with Crippen molar-refractivity contribution >= 4 is 5.69 Å². The van der Waals surface area contributed by atoms with Gasteiger partial charge < -0.3 is 10.0 Å². The quantitative estimate of drug-likeness (QED) is 0.802. The molecule has 0 aromatic heterocycles. The molecule has 0 aliphatic rings. The summed E-state index contributed by atoms with van der Waals surface area (Å²) in [6, 6.07) is 8.71. The fourth-order valence-electron chi connectivity index (χ4n) is 1.76. The molecule has 0 aliphatic heterocycles. The monoisotopic (exact) mass is 207 g/mol.